The van der Waals surface area contributed by atoms with Crippen molar-refractivity contribution in [2.45, 2.75) is 79.1 Å². The molecule has 0 aromatic rings. The van der Waals surface area contributed by atoms with Crippen LogP contribution in [0.2, 0.25) is 0 Å². The highest BCUT2D eigenvalue weighted by atomic mass is 16.3. The van der Waals surface area contributed by atoms with Crippen LogP contribution in [0.1, 0.15) is 79.1 Å². The highest BCUT2D eigenvalue weighted by molar-refractivity contribution is 5.59. The number of aliphatic hydroxyl groups is 1. The molecule has 0 aliphatic carbocycles. The molecule has 0 aliphatic heterocycles. The highest BCUT2D eigenvalue weighted by Gasteiger charge is 2.24. The van der Waals surface area contributed by atoms with E-state index >= 15 is 0 Å². The molecule has 0 aromatic carbocycles. The van der Waals surface area contributed by atoms with Gasteiger partial charge in [0.15, 0.2) is 0 Å². The molecule has 0 radical (unpaired) electrons. The number of aldehydes is 1. The summed E-state index contributed by atoms with van der Waals surface area (Å²) in [5.74, 6) is 0. The molecule has 126 valence electrons. The van der Waals surface area contributed by atoms with Crippen LogP contribution in [-0.2, 0) is 4.79 Å². The van der Waals surface area contributed by atoms with Crippen molar-refractivity contribution in [3.05, 3.63) is 0 Å². The van der Waals surface area contributed by atoms with Crippen LogP contribution in [-0.4, -0.2) is 18.0 Å². The Morgan fingerprint density at radius 3 is 1.64 bits per heavy atom. The number of carbonyl (C=O) groups excluding carboxylic acids is 1. The SMILES string of the molecule is CCC(C=O)(CC)CCC#N.CCC(CC)(CO)CCC#N. The molecule has 0 unspecified atom stereocenters. The Hall–Kier alpha value is -1.39. The van der Waals surface area contributed by atoms with E-state index < -0.39 is 0 Å². The van der Waals surface area contributed by atoms with Crippen molar-refractivity contribution < 1.29 is 9.90 Å². The van der Waals surface area contributed by atoms with Crippen LogP contribution in [0.15, 0.2) is 0 Å². The molecule has 0 fully saturated rings. The second-order valence-electron chi connectivity index (χ2n) is 5.87. The van der Waals surface area contributed by atoms with Crippen molar-refractivity contribution in [1.29, 1.82) is 10.5 Å². The Bertz CT molecular complexity index is 350. The molecule has 4 nitrogen and oxygen atoms in total. The van der Waals surface area contributed by atoms with Crippen molar-refractivity contribution in [3.63, 3.8) is 0 Å². The lowest BCUT2D eigenvalue weighted by Gasteiger charge is -2.28. The number of nitriles is 2. The van der Waals surface area contributed by atoms with Gasteiger partial charge in [-0.05, 0) is 43.9 Å². The van der Waals surface area contributed by atoms with Crippen LogP contribution >= 0.6 is 0 Å². The predicted octanol–water partition coefficient (Wildman–Crippen LogP) is 4.38. The number of hydrogen-bond acceptors (Lipinski definition) is 4. The molecule has 0 saturated heterocycles. The molecule has 0 aliphatic rings. The third-order valence-corrected chi connectivity index (χ3v) is 5.00. The van der Waals surface area contributed by atoms with Crippen LogP contribution < -0.4 is 0 Å². The zero-order valence-corrected chi connectivity index (χ0v) is 14.7. The minimum Gasteiger partial charge on any atom is -0.396 e. The van der Waals surface area contributed by atoms with E-state index in [0.717, 1.165) is 38.4 Å². The van der Waals surface area contributed by atoms with Gasteiger partial charge >= 0.3 is 0 Å². The van der Waals surface area contributed by atoms with Crippen molar-refractivity contribution in [3.8, 4) is 12.1 Å². The molecular weight excluding hydrogens is 276 g/mol. The summed E-state index contributed by atoms with van der Waals surface area (Å²) < 4.78 is 0. The van der Waals surface area contributed by atoms with E-state index in [1.54, 1.807) is 0 Å². The summed E-state index contributed by atoms with van der Waals surface area (Å²) in [5.41, 5.74) is -0.217. The summed E-state index contributed by atoms with van der Waals surface area (Å²) in [5, 5.41) is 25.8. The van der Waals surface area contributed by atoms with Gasteiger partial charge in [-0.1, -0.05) is 27.7 Å². The number of nitrogens with zero attached hydrogens (tertiary/aromatic N) is 2. The summed E-state index contributed by atoms with van der Waals surface area (Å²) in [6, 6.07) is 4.18. The van der Waals surface area contributed by atoms with Gasteiger partial charge in [0.25, 0.3) is 0 Å². The van der Waals surface area contributed by atoms with Crippen molar-refractivity contribution >= 4 is 6.29 Å². The van der Waals surface area contributed by atoms with Gasteiger partial charge in [0.1, 0.15) is 6.29 Å². The van der Waals surface area contributed by atoms with Crippen LogP contribution in [0.3, 0.4) is 0 Å². The second-order valence-corrected chi connectivity index (χ2v) is 5.87. The van der Waals surface area contributed by atoms with E-state index in [0.29, 0.717) is 19.3 Å². The Morgan fingerprint density at radius 2 is 1.36 bits per heavy atom. The minimum absolute atomic E-state index is 0.00965. The number of rotatable bonds is 10. The van der Waals surface area contributed by atoms with Crippen LogP contribution in [0.25, 0.3) is 0 Å². The summed E-state index contributed by atoms with van der Waals surface area (Å²) in [6.07, 6.45) is 7.19. The maximum Gasteiger partial charge on any atom is 0.126 e. The normalized spacial score (nSPS) is 10.9. The van der Waals surface area contributed by atoms with E-state index in [4.69, 9.17) is 15.6 Å². The van der Waals surface area contributed by atoms with E-state index in [9.17, 15) is 4.79 Å². The van der Waals surface area contributed by atoms with Gasteiger partial charge in [-0.25, -0.2) is 0 Å². The van der Waals surface area contributed by atoms with Gasteiger partial charge in [0.05, 0.1) is 12.1 Å². The number of aliphatic hydroxyl groups excluding tert-OH is 1. The summed E-state index contributed by atoms with van der Waals surface area (Å²) in [4.78, 5) is 10.7. The van der Waals surface area contributed by atoms with Gasteiger partial charge in [-0.2, -0.15) is 10.5 Å². The smallest absolute Gasteiger partial charge is 0.126 e. The van der Waals surface area contributed by atoms with Crippen LogP contribution in [0.4, 0.5) is 0 Å². The molecule has 0 rings (SSSR count). The first-order chi connectivity index (χ1) is 10.5. The first kappa shape index (κ1) is 22.9. The fourth-order valence-electron chi connectivity index (χ4n) is 2.36. The maximum absolute atomic E-state index is 10.7. The number of carbonyl (C=O) groups is 1. The van der Waals surface area contributed by atoms with Crippen LogP contribution in [0, 0.1) is 33.5 Å². The molecule has 0 aromatic heterocycles. The van der Waals surface area contributed by atoms with Gasteiger partial charge in [0.2, 0.25) is 0 Å². The minimum atomic E-state index is -0.226. The van der Waals surface area contributed by atoms with Crippen molar-refractivity contribution in [2.75, 3.05) is 6.61 Å². The molecule has 0 amide bonds. The zero-order chi connectivity index (χ0) is 17.5. The second kappa shape index (κ2) is 13.3. The number of hydrogen-bond donors (Lipinski definition) is 1. The van der Waals surface area contributed by atoms with Gasteiger partial charge in [-0.15, -0.1) is 0 Å². The first-order valence-electron chi connectivity index (χ1n) is 8.30. The monoisotopic (exact) mass is 308 g/mol. The first-order valence-corrected chi connectivity index (χ1v) is 8.30. The maximum atomic E-state index is 10.7. The third-order valence-electron chi connectivity index (χ3n) is 5.00. The highest BCUT2D eigenvalue weighted by Crippen LogP contribution is 2.31. The molecular formula is C18H32N2O2. The molecule has 0 heterocycles. The van der Waals surface area contributed by atoms with E-state index in [-0.39, 0.29) is 17.4 Å². The zero-order valence-electron chi connectivity index (χ0n) is 14.7. The molecule has 0 spiro atoms. The van der Waals surface area contributed by atoms with Crippen molar-refractivity contribution in [2.24, 2.45) is 10.8 Å². The van der Waals surface area contributed by atoms with Gasteiger partial charge in [0, 0.05) is 24.9 Å². The van der Waals surface area contributed by atoms with E-state index in [2.05, 4.69) is 26.0 Å². The van der Waals surface area contributed by atoms with Crippen molar-refractivity contribution in [1.82, 2.24) is 0 Å². The van der Waals surface area contributed by atoms with Crippen LogP contribution in [0.5, 0.6) is 0 Å². The van der Waals surface area contributed by atoms with Gasteiger partial charge < -0.3 is 9.90 Å². The fraction of sp³-hybridized carbons (Fsp3) is 0.833. The largest absolute Gasteiger partial charge is 0.396 e. The summed E-state index contributed by atoms with van der Waals surface area (Å²) >= 11 is 0. The molecule has 0 saturated carbocycles. The quantitative estimate of drug-likeness (QED) is 0.607. The molecule has 22 heavy (non-hydrogen) atoms. The topological polar surface area (TPSA) is 84.9 Å². The molecule has 0 bridgehead atoms. The lowest BCUT2D eigenvalue weighted by atomic mass is 9.79. The standard InChI is InChI=1S/C9H17NO.C9H15NO/c2*1-3-9(4-2,8-11)6-5-7-10/h11H,3-6,8H2,1-2H3;8H,3-6H2,1-2H3. The Morgan fingerprint density at radius 1 is 0.909 bits per heavy atom. The van der Waals surface area contributed by atoms with Gasteiger partial charge in [-0.3, -0.25) is 0 Å². The van der Waals surface area contributed by atoms with E-state index in [1.807, 2.05) is 13.8 Å². The lowest BCUT2D eigenvalue weighted by Crippen LogP contribution is -2.23. The molecule has 4 heteroatoms. The average Bonchev–Trinajstić information content (AvgIpc) is 2.59. The Kier molecular flexibility index (Phi) is 13.8. The molecule has 0 atom stereocenters. The Labute approximate surface area is 136 Å². The third kappa shape index (κ3) is 8.15. The summed E-state index contributed by atoms with van der Waals surface area (Å²) in [7, 11) is 0. The average molecular weight is 308 g/mol. The predicted molar refractivity (Wildman–Crippen MR) is 88.9 cm³/mol. The molecule has 1 N–H and O–H groups in total. The fourth-order valence-corrected chi connectivity index (χ4v) is 2.36. The Balaban J connectivity index is 0. The van der Waals surface area contributed by atoms with E-state index in [1.165, 1.54) is 0 Å². The summed E-state index contributed by atoms with van der Waals surface area (Å²) in [6.45, 7) is 8.33. The lowest BCUT2D eigenvalue weighted by molar-refractivity contribution is -0.116.